The fraction of sp³-hybridized carbons (Fsp3) is 0.700. The third-order valence-electron chi connectivity index (χ3n) is 1.85. The molecule has 1 unspecified atom stereocenters. The first-order valence-corrected chi connectivity index (χ1v) is 4.51. The van der Waals surface area contributed by atoms with Gasteiger partial charge in [0.25, 0.3) is 0 Å². The first kappa shape index (κ1) is 10.4. The number of carbonyl (C=O) groups excluding carboxylic acids is 1. The van der Waals surface area contributed by atoms with E-state index in [1.807, 2.05) is 20.8 Å². The first-order valence-electron chi connectivity index (χ1n) is 4.51. The van der Waals surface area contributed by atoms with Crippen LogP contribution in [-0.4, -0.2) is 24.3 Å². The Hall–Kier alpha value is -0.670. The second kappa shape index (κ2) is 4.03. The zero-order chi connectivity index (χ0) is 9.90. The van der Waals surface area contributed by atoms with Crippen LogP contribution in [0.2, 0.25) is 0 Å². The van der Waals surface area contributed by atoms with Gasteiger partial charge in [0.15, 0.2) is 11.6 Å². The molecule has 0 spiro atoms. The summed E-state index contributed by atoms with van der Waals surface area (Å²) in [4.78, 5) is 11.2. The summed E-state index contributed by atoms with van der Waals surface area (Å²) in [5, 5.41) is 0. The molecule has 1 rings (SSSR count). The predicted molar refractivity (Wildman–Crippen MR) is 49.3 cm³/mol. The molecule has 1 atom stereocenters. The predicted octanol–water partition coefficient (Wildman–Crippen LogP) is 1.67. The second-order valence-corrected chi connectivity index (χ2v) is 3.62. The third kappa shape index (κ3) is 3.28. The number of ether oxygens (including phenoxy) is 2. The zero-order valence-electron chi connectivity index (χ0n) is 8.37. The second-order valence-electron chi connectivity index (χ2n) is 3.62. The van der Waals surface area contributed by atoms with Gasteiger partial charge in [-0.25, -0.2) is 0 Å². The van der Waals surface area contributed by atoms with Gasteiger partial charge in [-0.15, -0.1) is 0 Å². The van der Waals surface area contributed by atoms with Gasteiger partial charge in [0.1, 0.15) is 0 Å². The van der Waals surface area contributed by atoms with Crippen LogP contribution in [0.25, 0.3) is 0 Å². The van der Waals surface area contributed by atoms with E-state index in [4.69, 9.17) is 9.47 Å². The fourth-order valence-electron chi connectivity index (χ4n) is 1.34. The molecule has 1 aliphatic heterocycles. The van der Waals surface area contributed by atoms with Gasteiger partial charge in [0.2, 0.25) is 0 Å². The topological polar surface area (TPSA) is 35.5 Å². The van der Waals surface area contributed by atoms with E-state index in [2.05, 4.69) is 0 Å². The molecule has 0 N–H and O–H groups in total. The van der Waals surface area contributed by atoms with Gasteiger partial charge in [-0.2, -0.15) is 0 Å². The van der Waals surface area contributed by atoms with Gasteiger partial charge < -0.3 is 9.47 Å². The van der Waals surface area contributed by atoms with Crippen molar-refractivity contribution in [3.63, 3.8) is 0 Å². The number of hydrogen-bond donors (Lipinski definition) is 0. The quantitative estimate of drug-likeness (QED) is 0.626. The highest BCUT2D eigenvalue weighted by Gasteiger charge is 2.33. The first-order chi connectivity index (χ1) is 6.03. The minimum Gasteiger partial charge on any atom is -0.348 e. The molecule has 0 bridgehead atoms. The molecule has 1 heterocycles. The van der Waals surface area contributed by atoms with E-state index in [0.717, 1.165) is 0 Å². The van der Waals surface area contributed by atoms with Gasteiger partial charge in [-0.1, -0.05) is 6.08 Å². The summed E-state index contributed by atoms with van der Waals surface area (Å²) in [5.41, 5.74) is 0. The van der Waals surface area contributed by atoms with Crippen LogP contribution in [0.3, 0.4) is 0 Å². The van der Waals surface area contributed by atoms with Crippen LogP contribution in [0.5, 0.6) is 0 Å². The largest absolute Gasteiger partial charge is 0.348 e. The summed E-state index contributed by atoms with van der Waals surface area (Å²) in [6.07, 6.45) is 3.63. The van der Waals surface area contributed by atoms with Crippen LogP contribution in [0.15, 0.2) is 12.2 Å². The molecule has 1 aliphatic rings. The molecule has 3 heteroatoms. The van der Waals surface area contributed by atoms with E-state index in [-0.39, 0.29) is 11.9 Å². The van der Waals surface area contributed by atoms with E-state index in [0.29, 0.717) is 13.0 Å². The number of hydrogen-bond acceptors (Lipinski definition) is 3. The monoisotopic (exact) mass is 184 g/mol. The summed E-state index contributed by atoms with van der Waals surface area (Å²) in [7, 11) is 0. The Kier molecular flexibility index (Phi) is 3.22. The van der Waals surface area contributed by atoms with E-state index >= 15 is 0 Å². The average molecular weight is 184 g/mol. The summed E-state index contributed by atoms with van der Waals surface area (Å²) < 4.78 is 10.8. The molecule has 0 amide bonds. The maximum Gasteiger partial charge on any atom is 0.163 e. The average Bonchev–Trinajstić information content (AvgIpc) is 2.30. The summed E-state index contributed by atoms with van der Waals surface area (Å²) in [5.74, 6) is -0.435. The molecule has 13 heavy (non-hydrogen) atoms. The summed E-state index contributed by atoms with van der Waals surface area (Å²) >= 11 is 0. The third-order valence-corrected chi connectivity index (χ3v) is 1.85. The Morgan fingerprint density at radius 1 is 1.62 bits per heavy atom. The lowest BCUT2D eigenvalue weighted by Gasteiger charge is -2.16. The Labute approximate surface area is 78.7 Å². The highest BCUT2D eigenvalue weighted by molar-refractivity contribution is 5.89. The molecule has 0 aromatic carbocycles. The molecular weight excluding hydrogens is 168 g/mol. The van der Waals surface area contributed by atoms with Crippen molar-refractivity contribution in [2.45, 2.75) is 39.1 Å². The van der Waals surface area contributed by atoms with Crippen LogP contribution < -0.4 is 0 Å². The lowest BCUT2D eigenvalue weighted by Crippen LogP contribution is -2.22. The fourth-order valence-corrected chi connectivity index (χ4v) is 1.34. The maximum absolute atomic E-state index is 11.2. The normalized spacial score (nSPS) is 26.8. The van der Waals surface area contributed by atoms with Crippen molar-refractivity contribution in [1.82, 2.24) is 0 Å². The Balaban J connectivity index is 2.36. The van der Waals surface area contributed by atoms with Crippen LogP contribution >= 0.6 is 0 Å². The van der Waals surface area contributed by atoms with E-state index in [1.165, 1.54) is 0 Å². The van der Waals surface area contributed by atoms with Crippen molar-refractivity contribution in [1.29, 1.82) is 0 Å². The zero-order valence-corrected chi connectivity index (χ0v) is 8.37. The van der Waals surface area contributed by atoms with Crippen LogP contribution in [0.4, 0.5) is 0 Å². The SMILES string of the molecule is CC=CC(=O)CC1COC(C)(C)O1. The molecule has 0 aromatic rings. The minimum absolute atomic E-state index is 0.0845. The summed E-state index contributed by atoms with van der Waals surface area (Å²) in [6, 6.07) is 0. The van der Waals surface area contributed by atoms with Crippen molar-refractivity contribution >= 4 is 5.78 Å². The molecule has 74 valence electrons. The van der Waals surface area contributed by atoms with Gasteiger partial charge in [-0.05, 0) is 26.8 Å². The molecule has 0 saturated carbocycles. The lowest BCUT2D eigenvalue weighted by atomic mass is 10.2. The lowest BCUT2D eigenvalue weighted by molar-refractivity contribution is -0.141. The Morgan fingerprint density at radius 2 is 2.31 bits per heavy atom. The molecule has 0 aliphatic carbocycles. The van der Waals surface area contributed by atoms with Crippen molar-refractivity contribution < 1.29 is 14.3 Å². The highest BCUT2D eigenvalue weighted by Crippen LogP contribution is 2.24. The van der Waals surface area contributed by atoms with E-state index in [9.17, 15) is 4.79 Å². The van der Waals surface area contributed by atoms with Crippen LogP contribution in [-0.2, 0) is 14.3 Å². The van der Waals surface area contributed by atoms with E-state index < -0.39 is 5.79 Å². The smallest absolute Gasteiger partial charge is 0.163 e. The number of allylic oxidation sites excluding steroid dienone is 2. The van der Waals surface area contributed by atoms with Crippen molar-refractivity contribution in [3.05, 3.63) is 12.2 Å². The van der Waals surface area contributed by atoms with Crippen molar-refractivity contribution in [2.24, 2.45) is 0 Å². The number of ketones is 1. The highest BCUT2D eigenvalue weighted by atomic mass is 16.7. The standard InChI is InChI=1S/C10H16O3/c1-4-5-8(11)6-9-7-12-10(2,3)13-9/h4-5,9H,6-7H2,1-3H3. The number of rotatable bonds is 3. The molecular formula is C10H16O3. The molecule has 0 radical (unpaired) electrons. The molecule has 1 saturated heterocycles. The molecule has 1 fully saturated rings. The molecule has 3 nitrogen and oxygen atoms in total. The number of carbonyl (C=O) groups is 1. The van der Waals surface area contributed by atoms with Gasteiger partial charge in [0, 0.05) is 6.42 Å². The molecule has 0 aromatic heterocycles. The Bertz CT molecular complexity index is 218. The maximum atomic E-state index is 11.2. The summed E-state index contributed by atoms with van der Waals surface area (Å²) in [6.45, 7) is 6.05. The minimum atomic E-state index is -0.527. The van der Waals surface area contributed by atoms with Crippen molar-refractivity contribution in [3.8, 4) is 0 Å². The van der Waals surface area contributed by atoms with Gasteiger partial charge in [0.05, 0.1) is 12.7 Å². The van der Waals surface area contributed by atoms with Crippen molar-refractivity contribution in [2.75, 3.05) is 6.61 Å². The van der Waals surface area contributed by atoms with Gasteiger partial charge >= 0.3 is 0 Å². The van der Waals surface area contributed by atoms with Gasteiger partial charge in [-0.3, -0.25) is 4.79 Å². The Morgan fingerprint density at radius 3 is 2.77 bits per heavy atom. The van der Waals surface area contributed by atoms with Crippen LogP contribution in [0.1, 0.15) is 27.2 Å². The van der Waals surface area contributed by atoms with Crippen LogP contribution in [0, 0.1) is 0 Å². The van der Waals surface area contributed by atoms with E-state index in [1.54, 1.807) is 12.2 Å².